The number of aromatic amines is 1. The van der Waals surface area contributed by atoms with Crippen molar-refractivity contribution in [1.29, 1.82) is 0 Å². The lowest BCUT2D eigenvalue weighted by molar-refractivity contribution is 1.03. The van der Waals surface area contributed by atoms with Crippen LogP contribution < -0.4 is 0 Å². The summed E-state index contributed by atoms with van der Waals surface area (Å²) in [5.74, 6) is 0.761. The van der Waals surface area contributed by atoms with E-state index in [1.54, 1.807) is 36.1 Å². The third-order valence-corrected chi connectivity index (χ3v) is 5.47. The number of hydrogen-bond acceptors (Lipinski definition) is 4. The summed E-state index contributed by atoms with van der Waals surface area (Å²) in [6, 6.07) is 9.55. The Morgan fingerprint density at radius 2 is 1.92 bits per heavy atom. The molecule has 0 bridgehead atoms. The molecular formula is C19H12ClN5S. The first-order valence-electron chi connectivity index (χ1n) is 7.80. The fourth-order valence-corrected chi connectivity index (χ4v) is 4.08. The smallest absolute Gasteiger partial charge is 0.209 e. The van der Waals surface area contributed by atoms with Crippen molar-refractivity contribution in [2.75, 3.05) is 0 Å². The van der Waals surface area contributed by atoms with Crippen molar-refractivity contribution in [3.8, 4) is 21.1 Å². The van der Waals surface area contributed by atoms with E-state index in [1.165, 1.54) is 0 Å². The number of H-pyrrole nitrogens is 1. The summed E-state index contributed by atoms with van der Waals surface area (Å²) in [5, 5.41) is 8.47. The average molecular weight is 378 g/mol. The molecule has 126 valence electrons. The largest absolute Gasteiger partial charge is 0.344 e. The Balaban J connectivity index is 1.89. The molecule has 4 aromatic rings. The van der Waals surface area contributed by atoms with Gasteiger partial charge < -0.3 is 4.98 Å². The SMILES string of the molecule is [C-]#[N+]c1c(-c2ccnnc2)sc(-c2ncc[nH]2)c1Cc1ccc(Cl)cc1. The summed E-state index contributed by atoms with van der Waals surface area (Å²) < 4.78 is 0. The minimum Gasteiger partial charge on any atom is -0.344 e. The van der Waals surface area contributed by atoms with E-state index in [-0.39, 0.29) is 0 Å². The van der Waals surface area contributed by atoms with Gasteiger partial charge in [-0.1, -0.05) is 23.7 Å². The number of rotatable bonds is 4. The summed E-state index contributed by atoms with van der Waals surface area (Å²) in [7, 11) is 0. The second-order valence-electron chi connectivity index (χ2n) is 5.57. The summed E-state index contributed by atoms with van der Waals surface area (Å²) >= 11 is 7.54. The molecule has 0 atom stereocenters. The topological polar surface area (TPSA) is 58.8 Å². The number of aromatic nitrogens is 4. The number of imidazole rings is 1. The zero-order valence-corrected chi connectivity index (χ0v) is 15.1. The third-order valence-electron chi connectivity index (χ3n) is 3.94. The molecule has 0 aliphatic carbocycles. The van der Waals surface area contributed by atoms with Gasteiger partial charge in [0.15, 0.2) is 0 Å². The van der Waals surface area contributed by atoms with Crippen LogP contribution in [0.1, 0.15) is 11.1 Å². The van der Waals surface area contributed by atoms with Crippen molar-refractivity contribution in [3.63, 3.8) is 0 Å². The van der Waals surface area contributed by atoms with Gasteiger partial charge in [-0.25, -0.2) is 9.83 Å². The quantitative estimate of drug-likeness (QED) is 0.485. The minimum atomic E-state index is 0.625. The first kappa shape index (κ1) is 16.5. The molecule has 1 N–H and O–H groups in total. The zero-order chi connectivity index (χ0) is 17.9. The maximum Gasteiger partial charge on any atom is 0.209 e. The molecule has 26 heavy (non-hydrogen) atoms. The average Bonchev–Trinajstić information content (AvgIpc) is 3.32. The number of halogens is 1. The molecule has 4 rings (SSSR count). The fraction of sp³-hybridized carbons (Fsp3) is 0.0526. The van der Waals surface area contributed by atoms with Crippen molar-refractivity contribution in [2.24, 2.45) is 0 Å². The molecule has 3 heterocycles. The van der Waals surface area contributed by atoms with Gasteiger partial charge >= 0.3 is 0 Å². The van der Waals surface area contributed by atoms with Crippen molar-refractivity contribution in [1.82, 2.24) is 20.2 Å². The summed E-state index contributed by atoms with van der Waals surface area (Å²) in [6.07, 6.45) is 7.44. The molecule has 0 aliphatic heterocycles. The van der Waals surface area contributed by atoms with Gasteiger partial charge in [-0.15, -0.1) is 11.3 Å². The number of thiophene rings is 1. The van der Waals surface area contributed by atoms with E-state index in [4.69, 9.17) is 18.2 Å². The Bertz CT molecular complexity index is 1060. The first-order valence-corrected chi connectivity index (χ1v) is 9.00. The molecule has 0 saturated carbocycles. The molecule has 0 unspecified atom stereocenters. The first-order chi connectivity index (χ1) is 12.8. The van der Waals surface area contributed by atoms with Gasteiger partial charge in [0.05, 0.1) is 23.8 Å². The van der Waals surface area contributed by atoms with Crippen LogP contribution in [-0.2, 0) is 6.42 Å². The third kappa shape index (κ3) is 3.10. The van der Waals surface area contributed by atoms with Gasteiger partial charge in [-0.2, -0.15) is 10.2 Å². The van der Waals surface area contributed by atoms with Crippen LogP contribution in [0.2, 0.25) is 5.02 Å². The van der Waals surface area contributed by atoms with Crippen LogP contribution >= 0.6 is 22.9 Å². The molecule has 0 saturated heterocycles. The van der Waals surface area contributed by atoms with Gasteiger partial charge in [-0.05, 0) is 35.7 Å². The Labute approximate surface area is 159 Å². The van der Waals surface area contributed by atoms with Crippen molar-refractivity contribution in [3.05, 3.63) is 82.7 Å². The Kier molecular flexibility index (Phi) is 4.48. The van der Waals surface area contributed by atoms with Gasteiger partial charge in [0.25, 0.3) is 0 Å². The van der Waals surface area contributed by atoms with E-state index < -0.39 is 0 Å². The van der Waals surface area contributed by atoms with E-state index in [0.717, 1.165) is 32.3 Å². The van der Waals surface area contributed by atoms with Crippen LogP contribution in [-0.4, -0.2) is 20.2 Å². The molecule has 0 amide bonds. The molecule has 0 radical (unpaired) electrons. The van der Waals surface area contributed by atoms with Crippen LogP contribution in [0.15, 0.2) is 55.1 Å². The van der Waals surface area contributed by atoms with Crippen LogP contribution in [0.25, 0.3) is 26.0 Å². The van der Waals surface area contributed by atoms with E-state index >= 15 is 0 Å². The van der Waals surface area contributed by atoms with Crippen LogP contribution in [0.5, 0.6) is 0 Å². The molecule has 0 fully saturated rings. The summed E-state index contributed by atoms with van der Waals surface area (Å²) in [4.78, 5) is 13.2. The number of nitrogens with zero attached hydrogens (tertiary/aromatic N) is 4. The second-order valence-corrected chi connectivity index (χ2v) is 7.03. The predicted octanol–water partition coefficient (Wildman–Crippen LogP) is 5.39. The monoisotopic (exact) mass is 377 g/mol. The molecule has 0 aliphatic rings. The maximum absolute atomic E-state index is 7.76. The normalized spacial score (nSPS) is 10.6. The number of benzene rings is 1. The lowest BCUT2D eigenvalue weighted by Crippen LogP contribution is -1.90. The number of hydrogen-bond donors (Lipinski definition) is 1. The number of nitrogens with one attached hydrogen (secondary N) is 1. The lowest BCUT2D eigenvalue weighted by atomic mass is 10.0. The molecule has 0 spiro atoms. The highest BCUT2D eigenvalue weighted by atomic mass is 35.5. The Morgan fingerprint density at radius 3 is 2.58 bits per heavy atom. The molecule has 5 nitrogen and oxygen atoms in total. The highest BCUT2D eigenvalue weighted by Crippen LogP contribution is 2.47. The van der Waals surface area contributed by atoms with Gasteiger partial charge in [0, 0.05) is 27.9 Å². The van der Waals surface area contributed by atoms with Crippen LogP contribution in [0.4, 0.5) is 5.69 Å². The van der Waals surface area contributed by atoms with Gasteiger partial charge in [-0.3, -0.25) is 0 Å². The van der Waals surface area contributed by atoms with Gasteiger partial charge in [0.2, 0.25) is 5.69 Å². The maximum atomic E-state index is 7.76. The van der Waals surface area contributed by atoms with E-state index in [1.807, 2.05) is 30.3 Å². The van der Waals surface area contributed by atoms with E-state index in [9.17, 15) is 0 Å². The second kappa shape index (κ2) is 7.08. The van der Waals surface area contributed by atoms with Crippen LogP contribution in [0.3, 0.4) is 0 Å². The molecule has 3 aromatic heterocycles. The Morgan fingerprint density at radius 1 is 1.08 bits per heavy atom. The highest BCUT2D eigenvalue weighted by Gasteiger charge is 2.22. The van der Waals surface area contributed by atoms with Crippen molar-refractivity contribution >= 4 is 28.6 Å². The fourth-order valence-electron chi connectivity index (χ4n) is 2.75. The highest BCUT2D eigenvalue weighted by molar-refractivity contribution is 7.19. The molecule has 1 aromatic carbocycles. The van der Waals surface area contributed by atoms with E-state index in [0.29, 0.717) is 17.1 Å². The van der Waals surface area contributed by atoms with Crippen LogP contribution in [0, 0.1) is 6.57 Å². The molecule has 7 heteroatoms. The van der Waals surface area contributed by atoms with E-state index in [2.05, 4.69) is 25.0 Å². The summed E-state index contributed by atoms with van der Waals surface area (Å²) in [5.41, 5.74) is 3.55. The lowest BCUT2D eigenvalue weighted by Gasteiger charge is -2.04. The zero-order valence-electron chi connectivity index (χ0n) is 13.5. The summed E-state index contributed by atoms with van der Waals surface area (Å²) in [6.45, 7) is 7.76. The van der Waals surface area contributed by atoms with Crippen molar-refractivity contribution < 1.29 is 0 Å². The standard InChI is InChI=1S/C19H12ClN5S/c1-21-16-15(10-12-2-4-14(20)5-3-12)18(19-22-8-9-23-19)26-17(16)13-6-7-24-25-11-13/h2-9,11H,10H2,(H,22,23). The van der Waals surface area contributed by atoms with Crippen molar-refractivity contribution in [2.45, 2.75) is 6.42 Å². The minimum absolute atomic E-state index is 0.625. The van der Waals surface area contributed by atoms with Gasteiger partial charge in [0.1, 0.15) is 5.82 Å². The molecular weight excluding hydrogens is 366 g/mol. The predicted molar refractivity (Wildman–Crippen MR) is 103 cm³/mol. The Hall–Kier alpha value is -3.01.